The van der Waals surface area contributed by atoms with E-state index in [2.05, 4.69) is 48.4 Å². The van der Waals surface area contributed by atoms with Gasteiger partial charge in [-0.3, -0.25) is 5.32 Å². The molecule has 0 fully saturated rings. The van der Waals surface area contributed by atoms with Gasteiger partial charge in [0.25, 0.3) is 0 Å². The Balaban J connectivity index is 2.16. The summed E-state index contributed by atoms with van der Waals surface area (Å²) in [5.74, 6) is 2.10. The predicted octanol–water partition coefficient (Wildman–Crippen LogP) is 4.75. The fraction of sp³-hybridized carbons (Fsp3) is 0.474. The fourth-order valence-corrected chi connectivity index (χ4v) is 2.70. The van der Waals surface area contributed by atoms with Gasteiger partial charge in [-0.25, -0.2) is 4.79 Å². The van der Waals surface area contributed by atoms with Crippen molar-refractivity contribution >= 4 is 23.2 Å². The number of rotatable bonds is 7. The summed E-state index contributed by atoms with van der Waals surface area (Å²) < 4.78 is 4.96. The van der Waals surface area contributed by atoms with E-state index >= 15 is 0 Å². The van der Waals surface area contributed by atoms with Crippen LogP contribution in [0.1, 0.15) is 33.5 Å². The molecule has 2 aromatic rings. The van der Waals surface area contributed by atoms with E-state index in [1.54, 1.807) is 13.0 Å². The summed E-state index contributed by atoms with van der Waals surface area (Å²) in [6.45, 7) is 12.4. The maximum absolute atomic E-state index is 12.3. The maximum atomic E-state index is 12.3. The second-order valence-electron chi connectivity index (χ2n) is 7.11. The molecule has 1 aromatic carbocycles. The summed E-state index contributed by atoms with van der Waals surface area (Å²) in [6, 6.07) is 9.21. The van der Waals surface area contributed by atoms with Crippen LogP contribution in [-0.2, 0) is 0 Å². The lowest BCUT2D eigenvalue weighted by Gasteiger charge is -2.30. The number of amides is 2. The normalized spacial score (nSPS) is 11.0. The third-order valence-corrected chi connectivity index (χ3v) is 3.53. The van der Waals surface area contributed by atoms with Crippen molar-refractivity contribution in [3.8, 4) is 0 Å². The predicted molar refractivity (Wildman–Crippen MR) is 102 cm³/mol. The Morgan fingerprint density at radius 2 is 1.76 bits per heavy atom. The van der Waals surface area contributed by atoms with Crippen LogP contribution in [0.2, 0.25) is 0 Å². The number of hydrogen-bond donors (Lipinski definition) is 2. The molecule has 1 aromatic heterocycles. The lowest BCUT2D eigenvalue weighted by Crippen LogP contribution is -2.32. The molecule has 0 spiro atoms. The van der Waals surface area contributed by atoms with Gasteiger partial charge in [-0.15, -0.1) is 0 Å². The fourth-order valence-electron chi connectivity index (χ4n) is 2.70. The van der Waals surface area contributed by atoms with E-state index < -0.39 is 0 Å². The van der Waals surface area contributed by atoms with E-state index in [-0.39, 0.29) is 6.03 Å². The first-order valence-corrected chi connectivity index (χ1v) is 8.70. The number of carbonyl (C=O) groups is 1. The Morgan fingerprint density at radius 1 is 1.12 bits per heavy atom. The largest absolute Gasteiger partial charge is 0.369 e. The summed E-state index contributed by atoms with van der Waals surface area (Å²) in [6.07, 6.45) is 0. The highest BCUT2D eigenvalue weighted by atomic mass is 16.5. The van der Waals surface area contributed by atoms with Gasteiger partial charge in [0.2, 0.25) is 0 Å². The van der Waals surface area contributed by atoms with Crippen molar-refractivity contribution in [3.63, 3.8) is 0 Å². The van der Waals surface area contributed by atoms with Crippen LogP contribution in [0.4, 0.5) is 22.0 Å². The molecule has 2 rings (SSSR count). The second-order valence-corrected chi connectivity index (χ2v) is 7.11. The number of para-hydroxylation sites is 2. The number of urea groups is 1. The average Bonchev–Trinajstić information content (AvgIpc) is 2.91. The van der Waals surface area contributed by atoms with Crippen molar-refractivity contribution in [3.05, 3.63) is 36.1 Å². The number of anilines is 3. The molecular weight excluding hydrogens is 316 g/mol. The Labute approximate surface area is 149 Å². The van der Waals surface area contributed by atoms with Gasteiger partial charge in [-0.1, -0.05) is 45.0 Å². The molecule has 136 valence electrons. The third kappa shape index (κ3) is 5.81. The first-order chi connectivity index (χ1) is 11.8. The number of nitrogens with one attached hydrogen (secondary N) is 2. The van der Waals surface area contributed by atoms with Crippen LogP contribution in [0.5, 0.6) is 0 Å². The van der Waals surface area contributed by atoms with E-state index in [0.29, 0.717) is 23.4 Å². The number of carbonyl (C=O) groups excluding carboxylic acids is 1. The quantitative estimate of drug-likeness (QED) is 0.761. The van der Waals surface area contributed by atoms with Crippen LogP contribution in [0, 0.1) is 18.8 Å². The third-order valence-electron chi connectivity index (χ3n) is 3.53. The molecule has 0 aliphatic carbocycles. The summed E-state index contributed by atoms with van der Waals surface area (Å²) in [7, 11) is 0. The molecule has 2 N–H and O–H groups in total. The zero-order valence-electron chi connectivity index (χ0n) is 15.7. The van der Waals surface area contributed by atoms with Crippen molar-refractivity contribution < 1.29 is 9.32 Å². The highest BCUT2D eigenvalue weighted by Gasteiger charge is 2.16. The van der Waals surface area contributed by atoms with Crippen LogP contribution in [0.3, 0.4) is 0 Å². The molecule has 6 heteroatoms. The van der Waals surface area contributed by atoms with E-state index in [4.69, 9.17) is 4.52 Å². The molecule has 0 unspecified atom stereocenters. The van der Waals surface area contributed by atoms with E-state index in [1.807, 2.05) is 24.3 Å². The molecule has 6 nitrogen and oxygen atoms in total. The van der Waals surface area contributed by atoms with Crippen LogP contribution >= 0.6 is 0 Å². The maximum Gasteiger partial charge on any atom is 0.325 e. The molecule has 2 amide bonds. The Kier molecular flexibility index (Phi) is 6.44. The van der Waals surface area contributed by atoms with Gasteiger partial charge in [0.05, 0.1) is 11.4 Å². The van der Waals surface area contributed by atoms with Crippen molar-refractivity contribution in [2.45, 2.75) is 34.6 Å². The van der Waals surface area contributed by atoms with E-state index in [0.717, 1.165) is 24.5 Å². The van der Waals surface area contributed by atoms with Gasteiger partial charge < -0.3 is 14.7 Å². The van der Waals surface area contributed by atoms with Crippen LogP contribution < -0.4 is 15.5 Å². The summed E-state index contributed by atoms with van der Waals surface area (Å²) in [5.41, 5.74) is 1.80. The summed E-state index contributed by atoms with van der Waals surface area (Å²) in [5, 5.41) is 9.38. The average molecular weight is 344 g/mol. The van der Waals surface area contributed by atoms with E-state index in [1.165, 1.54) is 0 Å². The summed E-state index contributed by atoms with van der Waals surface area (Å²) >= 11 is 0. The molecule has 25 heavy (non-hydrogen) atoms. The molecule has 0 atom stereocenters. The Hall–Kier alpha value is -2.50. The molecule has 0 aliphatic rings. The number of nitrogens with zero attached hydrogens (tertiary/aromatic N) is 2. The van der Waals surface area contributed by atoms with Gasteiger partial charge >= 0.3 is 6.03 Å². The minimum Gasteiger partial charge on any atom is -0.369 e. The van der Waals surface area contributed by atoms with E-state index in [9.17, 15) is 4.79 Å². The number of aryl methyl sites for hydroxylation is 1. The van der Waals surface area contributed by atoms with Gasteiger partial charge in [0.1, 0.15) is 5.76 Å². The molecular formula is C19H28N4O2. The molecule has 0 bridgehead atoms. The second kappa shape index (κ2) is 8.55. The minimum absolute atomic E-state index is 0.338. The summed E-state index contributed by atoms with van der Waals surface area (Å²) in [4.78, 5) is 14.6. The number of hydrogen-bond acceptors (Lipinski definition) is 4. The zero-order chi connectivity index (χ0) is 18.4. The van der Waals surface area contributed by atoms with Gasteiger partial charge in [-0.2, -0.15) is 0 Å². The molecule has 0 aliphatic heterocycles. The lowest BCUT2D eigenvalue weighted by atomic mass is 10.1. The first kappa shape index (κ1) is 18.8. The first-order valence-electron chi connectivity index (χ1n) is 8.70. The lowest BCUT2D eigenvalue weighted by molar-refractivity contribution is 0.262. The van der Waals surface area contributed by atoms with Crippen molar-refractivity contribution in [1.29, 1.82) is 0 Å². The van der Waals surface area contributed by atoms with Crippen LogP contribution in [0.25, 0.3) is 0 Å². The highest BCUT2D eigenvalue weighted by molar-refractivity contribution is 6.01. The molecule has 0 saturated heterocycles. The zero-order valence-corrected chi connectivity index (χ0v) is 15.7. The Morgan fingerprint density at radius 3 is 2.32 bits per heavy atom. The van der Waals surface area contributed by atoms with Gasteiger partial charge in [0.15, 0.2) is 5.82 Å². The minimum atomic E-state index is -0.338. The van der Waals surface area contributed by atoms with Gasteiger partial charge in [0, 0.05) is 19.2 Å². The number of aromatic nitrogens is 1. The standard InChI is InChI=1S/C19H28N4O2/c1-13(2)11-23(12-14(3)4)17-9-7-6-8-16(17)20-19(24)21-18-10-15(5)25-22-18/h6-10,13-14H,11-12H2,1-5H3,(H2,20,21,22,24). The SMILES string of the molecule is Cc1cc(NC(=O)Nc2ccccc2N(CC(C)C)CC(C)C)no1. The van der Waals surface area contributed by atoms with Crippen molar-refractivity contribution in [1.82, 2.24) is 5.16 Å². The molecule has 0 radical (unpaired) electrons. The van der Waals surface area contributed by atoms with Crippen molar-refractivity contribution in [2.24, 2.45) is 11.8 Å². The van der Waals surface area contributed by atoms with Crippen LogP contribution in [-0.4, -0.2) is 24.3 Å². The molecule has 0 saturated carbocycles. The Bertz CT molecular complexity index is 684. The monoisotopic (exact) mass is 344 g/mol. The smallest absolute Gasteiger partial charge is 0.325 e. The molecule has 1 heterocycles. The van der Waals surface area contributed by atoms with Crippen LogP contribution in [0.15, 0.2) is 34.9 Å². The van der Waals surface area contributed by atoms with Crippen molar-refractivity contribution in [2.75, 3.05) is 28.6 Å². The number of benzene rings is 1. The topological polar surface area (TPSA) is 70.4 Å². The van der Waals surface area contributed by atoms with Gasteiger partial charge in [-0.05, 0) is 30.9 Å². The highest BCUT2D eigenvalue weighted by Crippen LogP contribution is 2.27.